The monoisotopic (exact) mass is 576 g/mol. The number of hydrogen-bond acceptors (Lipinski definition) is 8. The van der Waals surface area contributed by atoms with Crippen LogP contribution in [0.3, 0.4) is 0 Å². The van der Waals surface area contributed by atoms with Gasteiger partial charge < -0.3 is 19.7 Å². The van der Waals surface area contributed by atoms with Gasteiger partial charge >= 0.3 is 11.9 Å². The van der Waals surface area contributed by atoms with Gasteiger partial charge in [-0.25, -0.2) is 9.59 Å². The Morgan fingerprint density at radius 1 is 0.975 bits per heavy atom. The van der Waals surface area contributed by atoms with Gasteiger partial charge in [-0.3, -0.25) is 9.59 Å². The number of benzene rings is 2. The first-order chi connectivity index (χ1) is 19.5. The molecule has 1 N–H and O–H groups in total. The molecule has 2 amide bonds. The van der Waals surface area contributed by atoms with Crippen LogP contribution in [0, 0.1) is 0 Å². The summed E-state index contributed by atoms with van der Waals surface area (Å²) in [5.74, 6) is -2.17. The third-order valence-electron chi connectivity index (χ3n) is 6.55. The SMILES string of the molecule is CCCOC(=O)C1=CS[C@@H]2C(NC(=O)Cc3cccs3)C(=O)N2C1C(=O)OC(c1ccccc1)c1ccccc1. The number of rotatable bonds is 10. The molecule has 40 heavy (non-hydrogen) atoms. The molecule has 0 radical (unpaired) electrons. The Morgan fingerprint density at radius 3 is 2.25 bits per heavy atom. The zero-order valence-corrected chi connectivity index (χ0v) is 23.4. The zero-order valence-electron chi connectivity index (χ0n) is 21.7. The summed E-state index contributed by atoms with van der Waals surface area (Å²) < 4.78 is 11.4. The van der Waals surface area contributed by atoms with E-state index in [9.17, 15) is 19.2 Å². The largest absolute Gasteiger partial charge is 0.462 e. The standard InChI is InChI=1S/C30H28N2O6S2/c1-2-15-37-29(35)22-18-40-28-24(31-23(33)17-21-14-9-16-39-21)27(34)32(28)25(22)30(36)38-26(19-10-5-3-6-11-19)20-12-7-4-8-13-20/h3-14,16,18,24-26,28H,2,15,17H2,1H3,(H,31,33)/t24?,25?,28-/m1/s1. The number of carbonyl (C=O) groups excluding carboxylic acids is 4. The van der Waals surface area contributed by atoms with Crippen LogP contribution in [0.2, 0.25) is 0 Å². The van der Waals surface area contributed by atoms with Crippen molar-refractivity contribution in [2.24, 2.45) is 0 Å². The highest BCUT2D eigenvalue weighted by molar-refractivity contribution is 8.03. The minimum atomic E-state index is -1.30. The molecule has 206 valence electrons. The van der Waals surface area contributed by atoms with E-state index in [0.29, 0.717) is 6.42 Å². The molecule has 0 spiro atoms. The normalized spacial score (nSPS) is 19.8. The molecule has 2 aromatic carbocycles. The molecule has 0 saturated carbocycles. The summed E-state index contributed by atoms with van der Waals surface area (Å²) in [6.07, 6.45) is 0.00744. The molecule has 1 aromatic heterocycles. The molecule has 8 nitrogen and oxygen atoms in total. The molecule has 2 unspecified atom stereocenters. The molecule has 1 fully saturated rings. The Bertz CT molecular complexity index is 1350. The quantitative estimate of drug-likeness (QED) is 0.285. The second kappa shape index (κ2) is 12.5. The summed E-state index contributed by atoms with van der Waals surface area (Å²) in [6, 6.07) is 20.1. The number of esters is 2. The van der Waals surface area contributed by atoms with Gasteiger partial charge in [0.25, 0.3) is 0 Å². The van der Waals surface area contributed by atoms with E-state index in [1.165, 1.54) is 28.0 Å². The minimum absolute atomic E-state index is 0.0382. The number of nitrogens with zero attached hydrogens (tertiary/aromatic N) is 1. The van der Waals surface area contributed by atoms with Crippen LogP contribution >= 0.6 is 23.1 Å². The van der Waals surface area contributed by atoms with E-state index in [1.54, 1.807) is 5.41 Å². The summed E-state index contributed by atoms with van der Waals surface area (Å²) >= 11 is 2.66. The molecule has 1 saturated heterocycles. The van der Waals surface area contributed by atoms with E-state index >= 15 is 0 Å². The lowest BCUT2D eigenvalue weighted by Crippen LogP contribution is -2.74. The van der Waals surface area contributed by atoms with E-state index in [2.05, 4.69) is 5.32 Å². The smallest absolute Gasteiger partial charge is 0.337 e. The number of hydrogen-bond donors (Lipinski definition) is 1. The molecule has 3 atom stereocenters. The van der Waals surface area contributed by atoms with Gasteiger partial charge in [-0.15, -0.1) is 23.1 Å². The Hall–Kier alpha value is -3.89. The number of ether oxygens (including phenoxy) is 2. The maximum absolute atomic E-state index is 13.9. The molecular formula is C30H28N2O6S2. The van der Waals surface area contributed by atoms with Crippen molar-refractivity contribution in [3.8, 4) is 0 Å². The van der Waals surface area contributed by atoms with Crippen LogP contribution in [0.1, 0.15) is 35.5 Å². The van der Waals surface area contributed by atoms with Gasteiger partial charge in [-0.05, 0) is 34.4 Å². The van der Waals surface area contributed by atoms with Gasteiger partial charge in [-0.1, -0.05) is 73.7 Å². The molecule has 5 rings (SSSR count). The number of carbonyl (C=O) groups is 4. The van der Waals surface area contributed by atoms with Gasteiger partial charge in [-0.2, -0.15) is 0 Å². The predicted molar refractivity (Wildman–Crippen MR) is 152 cm³/mol. The lowest BCUT2D eigenvalue weighted by atomic mass is 9.97. The molecule has 2 aliphatic rings. The summed E-state index contributed by atoms with van der Waals surface area (Å²) in [4.78, 5) is 55.1. The number of β-lactam (4-membered cyclic amide) rings is 1. The van der Waals surface area contributed by atoms with Crippen LogP contribution in [0.15, 0.2) is 89.2 Å². The van der Waals surface area contributed by atoms with Gasteiger partial charge in [0.1, 0.15) is 11.4 Å². The fourth-order valence-corrected chi connectivity index (χ4v) is 6.55. The Kier molecular flexibility index (Phi) is 8.66. The van der Waals surface area contributed by atoms with Crippen LogP contribution in [-0.4, -0.2) is 52.7 Å². The maximum Gasteiger partial charge on any atom is 0.337 e. The van der Waals surface area contributed by atoms with Crippen LogP contribution in [0.5, 0.6) is 0 Å². The molecule has 2 aliphatic heterocycles. The fraction of sp³-hybridized carbons (Fsp3) is 0.267. The highest BCUT2D eigenvalue weighted by Crippen LogP contribution is 2.41. The number of thioether (sulfide) groups is 1. The van der Waals surface area contributed by atoms with Crippen LogP contribution in [-0.2, 0) is 35.1 Å². The van der Waals surface area contributed by atoms with E-state index in [-0.39, 0.29) is 24.5 Å². The zero-order chi connectivity index (χ0) is 28.1. The first kappa shape index (κ1) is 27.7. The van der Waals surface area contributed by atoms with E-state index in [4.69, 9.17) is 9.47 Å². The number of nitrogens with one attached hydrogen (secondary N) is 1. The third kappa shape index (κ3) is 5.83. The van der Waals surface area contributed by atoms with Crippen molar-refractivity contribution in [3.63, 3.8) is 0 Å². The molecule has 0 aliphatic carbocycles. The Labute approximate surface area is 240 Å². The van der Waals surface area contributed by atoms with Crippen molar-refractivity contribution in [1.82, 2.24) is 10.2 Å². The Morgan fingerprint density at radius 2 is 1.65 bits per heavy atom. The number of amides is 2. The van der Waals surface area contributed by atoms with Crippen molar-refractivity contribution in [3.05, 3.63) is 105 Å². The van der Waals surface area contributed by atoms with E-state index in [1.807, 2.05) is 85.1 Å². The lowest BCUT2D eigenvalue weighted by molar-refractivity contribution is -0.167. The highest BCUT2D eigenvalue weighted by Gasteiger charge is 2.57. The highest BCUT2D eigenvalue weighted by atomic mass is 32.2. The van der Waals surface area contributed by atoms with Gasteiger partial charge in [0, 0.05) is 4.88 Å². The second-order valence-electron chi connectivity index (χ2n) is 9.32. The molecular weight excluding hydrogens is 548 g/mol. The van der Waals surface area contributed by atoms with Crippen molar-refractivity contribution in [1.29, 1.82) is 0 Å². The maximum atomic E-state index is 13.9. The average molecular weight is 577 g/mol. The number of fused-ring (bicyclic) bond motifs is 1. The predicted octanol–water partition coefficient (Wildman–Crippen LogP) is 4.23. The molecule has 3 heterocycles. The molecule has 0 bridgehead atoms. The average Bonchev–Trinajstić information content (AvgIpc) is 3.50. The fourth-order valence-electron chi connectivity index (χ4n) is 4.63. The molecule has 10 heteroatoms. The summed E-state index contributed by atoms with van der Waals surface area (Å²) in [7, 11) is 0. The summed E-state index contributed by atoms with van der Waals surface area (Å²) in [5, 5.41) is 5.66. The van der Waals surface area contributed by atoms with Gasteiger partial charge in [0.05, 0.1) is 18.6 Å². The van der Waals surface area contributed by atoms with Gasteiger partial charge in [0.15, 0.2) is 12.1 Å². The van der Waals surface area contributed by atoms with Crippen molar-refractivity contribution < 1.29 is 28.7 Å². The first-order valence-corrected chi connectivity index (χ1v) is 14.8. The van der Waals surface area contributed by atoms with Crippen LogP contribution in [0.25, 0.3) is 0 Å². The first-order valence-electron chi connectivity index (χ1n) is 12.9. The second-order valence-corrected chi connectivity index (χ2v) is 11.3. The van der Waals surface area contributed by atoms with Gasteiger partial charge in [0.2, 0.25) is 11.8 Å². The number of thiophene rings is 1. The van der Waals surface area contributed by atoms with E-state index in [0.717, 1.165) is 16.0 Å². The summed E-state index contributed by atoms with van der Waals surface area (Å²) in [5.41, 5.74) is 1.53. The topological polar surface area (TPSA) is 102 Å². The Balaban J connectivity index is 1.40. The molecule has 3 aromatic rings. The van der Waals surface area contributed by atoms with Crippen molar-refractivity contribution >= 4 is 46.9 Å². The van der Waals surface area contributed by atoms with Crippen LogP contribution < -0.4 is 5.32 Å². The minimum Gasteiger partial charge on any atom is -0.462 e. The van der Waals surface area contributed by atoms with Crippen molar-refractivity contribution in [2.75, 3.05) is 6.61 Å². The van der Waals surface area contributed by atoms with Crippen LogP contribution in [0.4, 0.5) is 0 Å². The lowest BCUT2D eigenvalue weighted by Gasteiger charge is -2.51. The van der Waals surface area contributed by atoms with E-state index < -0.39 is 41.4 Å². The van der Waals surface area contributed by atoms with Crippen molar-refractivity contribution in [2.45, 2.75) is 43.3 Å². The third-order valence-corrected chi connectivity index (χ3v) is 8.60. The summed E-state index contributed by atoms with van der Waals surface area (Å²) in [6.45, 7) is 2.05.